The van der Waals surface area contributed by atoms with Gasteiger partial charge in [0.15, 0.2) is 0 Å². The average Bonchev–Trinajstić information content (AvgIpc) is 3.21. The van der Waals surface area contributed by atoms with E-state index in [0.29, 0.717) is 30.4 Å². The highest BCUT2D eigenvalue weighted by Gasteiger charge is 2.39. The van der Waals surface area contributed by atoms with Crippen LogP contribution in [0.25, 0.3) is 0 Å². The maximum absolute atomic E-state index is 13.0. The van der Waals surface area contributed by atoms with Crippen molar-refractivity contribution < 1.29 is 13.9 Å². The third-order valence-electron chi connectivity index (χ3n) is 4.88. The summed E-state index contributed by atoms with van der Waals surface area (Å²) in [7, 11) is 1.60. The fraction of sp³-hybridized carbons (Fsp3) is 0.300. The second kappa shape index (κ2) is 8.03. The predicted molar refractivity (Wildman–Crippen MR) is 109 cm³/mol. The SMILES string of the molecule is COc1ccc(Br)cc1[C@H]1CC(=O)N2CN(Cc3ccco3)CSC2=C1C#N. The van der Waals surface area contributed by atoms with E-state index in [9.17, 15) is 10.1 Å². The number of allylic oxidation sites excluding steroid dienone is 1. The Hall–Kier alpha value is -2.21. The van der Waals surface area contributed by atoms with Crippen LogP contribution < -0.4 is 4.74 Å². The molecule has 144 valence electrons. The Bertz CT molecular complexity index is 968. The fourth-order valence-corrected chi connectivity index (χ4v) is 5.09. The molecule has 0 unspecified atom stereocenters. The number of carbonyl (C=O) groups is 1. The molecule has 28 heavy (non-hydrogen) atoms. The molecular weight excluding hydrogens is 442 g/mol. The number of thioether (sulfide) groups is 1. The Morgan fingerprint density at radius 3 is 3.00 bits per heavy atom. The second-order valence-corrected chi connectivity index (χ2v) is 8.47. The first kappa shape index (κ1) is 19.1. The average molecular weight is 460 g/mol. The lowest BCUT2D eigenvalue weighted by Crippen LogP contribution is -2.46. The lowest BCUT2D eigenvalue weighted by atomic mass is 9.86. The summed E-state index contributed by atoms with van der Waals surface area (Å²) >= 11 is 5.01. The largest absolute Gasteiger partial charge is 0.496 e. The van der Waals surface area contributed by atoms with Gasteiger partial charge in [-0.1, -0.05) is 27.7 Å². The van der Waals surface area contributed by atoms with Gasteiger partial charge in [0.25, 0.3) is 0 Å². The Balaban J connectivity index is 1.65. The van der Waals surface area contributed by atoms with Gasteiger partial charge in [0.1, 0.15) is 11.5 Å². The van der Waals surface area contributed by atoms with Gasteiger partial charge in [-0.3, -0.25) is 14.6 Å². The van der Waals surface area contributed by atoms with Crippen molar-refractivity contribution in [2.45, 2.75) is 18.9 Å². The number of nitriles is 1. The van der Waals surface area contributed by atoms with Crippen LogP contribution in [0.1, 0.15) is 23.7 Å². The van der Waals surface area contributed by atoms with Crippen LogP contribution in [-0.2, 0) is 11.3 Å². The predicted octanol–water partition coefficient (Wildman–Crippen LogP) is 4.27. The van der Waals surface area contributed by atoms with Gasteiger partial charge in [0.2, 0.25) is 5.91 Å². The standard InChI is InChI=1S/C20H18BrN3O3S/c1-26-18-5-4-13(21)7-16(18)15-8-19(25)24-11-23(10-14-3-2-6-27-14)12-28-20(24)17(15)9-22/h2-7,15H,8,10-12H2,1H3/t15-/m1/s1. The van der Waals surface area contributed by atoms with E-state index in [4.69, 9.17) is 9.15 Å². The lowest BCUT2D eigenvalue weighted by Gasteiger charge is -2.41. The van der Waals surface area contributed by atoms with Gasteiger partial charge in [-0.25, -0.2) is 0 Å². The molecule has 4 rings (SSSR count). The van der Waals surface area contributed by atoms with Gasteiger partial charge in [-0.15, -0.1) is 0 Å². The van der Waals surface area contributed by atoms with Crippen molar-refractivity contribution in [2.24, 2.45) is 0 Å². The molecule has 2 aromatic rings. The summed E-state index contributed by atoms with van der Waals surface area (Å²) in [5.41, 5.74) is 1.48. The quantitative estimate of drug-likeness (QED) is 0.679. The molecule has 1 saturated heterocycles. The maximum atomic E-state index is 13.0. The van der Waals surface area contributed by atoms with Crippen molar-refractivity contribution in [3.05, 3.63) is 63.0 Å². The zero-order chi connectivity index (χ0) is 19.7. The molecule has 0 saturated carbocycles. The monoisotopic (exact) mass is 459 g/mol. The summed E-state index contributed by atoms with van der Waals surface area (Å²) in [6, 6.07) is 11.8. The smallest absolute Gasteiger partial charge is 0.229 e. The van der Waals surface area contributed by atoms with Crippen molar-refractivity contribution in [3.63, 3.8) is 0 Å². The van der Waals surface area contributed by atoms with Crippen LogP contribution >= 0.6 is 27.7 Å². The van der Waals surface area contributed by atoms with Gasteiger partial charge in [-0.2, -0.15) is 5.26 Å². The zero-order valence-corrected chi connectivity index (χ0v) is 17.6. The number of halogens is 1. The first-order valence-electron chi connectivity index (χ1n) is 8.76. The minimum Gasteiger partial charge on any atom is -0.496 e. The number of hydrogen-bond donors (Lipinski definition) is 0. The molecule has 2 aliphatic rings. The number of rotatable bonds is 4. The molecule has 3 heterocycles. The van der Waals surface area contributed by atoms with Crippen LogP contribution in [0, 0.1) is 11.3 Å². The molecule has 1 amide bonds. The summed E-state index contributed by atoms with van der Waals surface area (Å²) < 4.78 is 11.8. The van der Waals surface area contributed by atoms with E-state index in [1.54, 1.807) is 18.3 Å². The number of furan rings is 1. The van der Waals surface area contributed by atoms with Crippen molar-refractivity contribution in [3.8, 4) is 11.8 Å². The maximum Gasteiger partial charge on any atom is 0.229 e. The Labute approximate surface area is 175 Å². The number of fused-ring (bicyclic) bond motifs is 1. The van der Waals surface area contributed by atoms with Crippen molar-refractivity contribution in [1.29, 1.82) is 5.26 Å². The Morgan fingerprint density at radius 2 is 2.29 bits per heavy atom. The third kappa shape index (κ3) is 3.58. The Morgan fingerprint density at radius 1 is 1.43 bits per heavy atom. The molecule has 1 aromatic heterocycles. The highest BCUT2D eigenvalue weighted by molar-refractivity contribution is 9.10. The summed E-state index contributed by atoms with van der Waals surface area (Å²) in [5, 5.41) is 10.7. The van der Waals surface area contributed by atoms with Gasteiger partial charge in [-0.05, 0) is 30.3 Å². The number of carbonyl (C=O) groups excluding carboxylic acids is 1. The van der Waals surface area contributed by atoms with Crippen molar-refractivity contribution in [1.82, 2.24) is 9.80 Å². The molecule has 0 N–H and O–H groups in total. The highest BCUT2D eigenvalue weighted by atomic mass is 79.9. The molecular formula is C20H18BrN3O3S. The van der Waals surface area contributed by atoms with E-state index in [2.05, 4.69) is 26.9 Å². The van der Waals surface area contributed by atoms with Crippen LogP contribution in [0.15, 0.2) is 56.1 Å². The fourth-order valence-electron chi connectivity index (χ4n) is 3.57. The molecule has 0 bridgehead atoms. The van der Waals surface area contributed by atoms with E-state index in [0.717, 1.165) is 20.8 Å². The molecule has 0 aliphatic carbocycles. The number of methoxy groups -OCH3 is 1. The first-order valence-corrected chi connectivity index (χ1v) is 10.5. The van der Waals surface area contributed by atoms with E-state index >= 15 is 0 Å². The van der Waals surface area contributed by atoms with E-state index < -0.39 is 0 Å². The van der Waals surface area contributed by atoms with E-state index in [1.165, 1.54) is 11.8 Å². The molecule has 2 aliphatic heterocycles. The van der Waals surface area contributed by atoms with Crippen molar-refractivity contribution in [2.75, 3.05) is 19.7 Å². The molecule has 1 fully saturated rings. The number of ether oxygens (including phenoxy) is 1. The topological polar surface area (TPSA) is 69.7 Å². The van der Waals surface area contributed by atoms with E-state index in [1.807, 2.05) is 30.3 Å². The molecule has 1 atom stereocenters. The number of benzene rings is 1. The molecule has 1 aromatic carbocycles. The van der Waals surface area contributed by atoms with Gasteiger partial charge in [0, 0.05) is 22.4 Å². The van der Waals surface area contributed by atoms with E-state index in [-0.39, 0.29) is 18.2 Å². The van der Waals surface area contributed by atoms with Crippen molar-refractivity contribution >= 4 is 33.6 Å². The highest BCUT2D eigenvalue weighted by Crippen LogP contribution is 2.45. The van der Waals surface area contributed by atoms with Gasteiger partial charge < -0.3 is 9.15 Å². The normalized spacial score (nSPS) is 20.1. The minimum absolute atomic E-state index is 0.0117. The minimum atomic E-state index is -0.305. The summed E-state index contributed by atoms with van der Waals surface area (Å²) in [5.74, 6) is 1.93. The van der Waals surface area contributed by atoms with Gasteiger partial charge in [0.05, 0.1) is 49.1 Å². The number of hydrogen-bond acceptors (Lipinski definition) is 6. The zero-order valence-electron chi connectivity index (χ0n) is 15.2. The molecule has 0 spiro atoms. The summed E-state index contributed by atoms with van der Waals surface area (Å²) in [6.45, 7) is 1.08. The van der Waals surface area contributed by atoms with Crippen LogP contribution in [0.2, 0.25) is 0 Å². The molecule has 6 nitrogen and oxygen atoms in total. The first-order chi connectivity index (χ1) is 13.6. The van der Waals surface area contributed by atoms with Gasteiger partial charge >= 0.3 is 0 Å². The number of nitrogens with zero attached hydrogens (tertiary/aromatic N) is 3. The summed E-state index contributed by atoms with van der Waals surface area (Å²) in [6.07, 6.45) is 1.89. The number of amides is 1. The molecule has 8 heteroatoms. The second-order valence-electron chi connectivity index (χ2n) is 6.62. The molecule has 0 radical (unpaired) electrons. The van der Waals surface area contributed by atoms with Crippen LogP contribution in [0.5, 0.6) is 5.75 Å². The third-order valence-corrected chi connectivity index (χ3v) is 6.58. The van der Waals surface area contributed by atoms with Crippen LogP contribution in [0.4, 0.5) is 0 Å². The Kier molecular flexibility index (Phi) is 5.49. The van der Waals surface area contributed by atoms with Crippen LogP contribution in [-0.4, -0.2) is 35.4 Å². The summed E-state index contributed by atoms with van der Waals surface area (Å²) in [4.78, 5) is 16.8. The van der Waals surface area contributed by atoms with Crippen LogP contribution in [0.3, 0.4) is 0 Å². The lowest BCUT2D eigenvalue weighted by molar-refractivity contribution is -0.132.